The van der Waals surface area contributed by atoms with E-state index in [2.05, 4.69) is 9.88 Å². The lowest BCUT2D eigenvalue weighted by atomic mass is 9.97. The minimum absolute atomic E-state index is 0.349. The van der Waals surface area contributed by atoms with E-state index in [0.717, 1.165) is 36.8 Å². The number of benzene rings is 1. The molecule has 4 rings (SSSR count). The highest BCUT2D eigenvalue weighted by Crippen LogP contribution is 2.34. The first-order chi connectivity index (χ1) is 13.7. The Hall–Kier alpha value is -2.28. The zero-order valence-corrected chi connectivity index (χ0v) is 16.8. The van der Waals surface area contributed by atoms with Crippen molar-refractivity contribution in [2.45, 2.75) is 57.2 Å². The van der Waals surface area contributed by atoms with E-state index in [9.17, 15) is 0 Å². The summed E-state index contributed by atoms with van der Waals surface area (Å²) in [6, 6.07) is 3.69. The fraction of sp³-hybridized carbons (Fsp3) is 0.619. The monoisotopic (exact) mass is 386 g/mol. The normalized spacial score (nSPS) is 19.1. The second-order valence-corrected chi connectivity index (χ2v) is 7.72. The minimum atomic E-state index is 0.349. The number of nitrogens with zero attached hydrogens (tertiary/aromatic N) is 3. The van der Waals surface area contributed by atoms with Gasteiger partial charge in [0.1, 0.15) is 5.82 Å². The zero-order valence-electron chi connectivity index (χ0n) is 16.8. The van der Waals surface area contributed by atoms with Crippen LogP contribution in [-0.4, -0.2) is 49.5 Å². The zero-order chi connectivity index (χ0) is 19.5. The molecule has 1 aliphatic heterocycles. The fourth-order valence-electron chi connectivity index (χ4n) is 4.27. The molecule has 0 bridgehead atoms. The van der Waals surface area contributed by atoms with Crippen LogP contribution >= 0.6 is 0 Å². The van der Waals surface area contributed by atoms with Gasteiger partial charge in [0.05, 0.1) is 31.9 Å². The van der Waals surface area contributed by atoms with E-state index in [1.807, 2.05) is 12.1 Å². The standard InChI is InChI=1S/C21H30N4O3/c1-26-18-12-16-17(13-19(18)27-2)23-21(24-20(16)22)25-10-8-15(9-11-25)28-14-6-4-3-5-7-14/h12-15H,3-11H2,1-2H3,(H2,22,23,24). The third-order valence-corrected chi connectivity index (χ3v) is 5.88. The van der Waals surface area contributed by atoms with E-state index in [1.54, 1.807) is 14.2 Å². The Kier molecular flexibility index (Phi) is 5.71. The summed E-state index contributed by atoms with van der Waals surface area (Å²) in [5, 5.41) is 0.775. The van der Waals surface area contributed by atoms with Gasteiger partial charge in [0.2, 0.25) is 5.95 Å². The lowest BCUT2D eigenvalue weighted by Crippen LogP contribution is -2.39. The first kappa shape index (κ1) is 19.1. The number of fused-ring (bicyclic) bond motifs is 1. The Morgan fingerprint density at radius 1 is 0.893 bits per heavy atom. The number of hydrogen-bond acceptors (Lipinski definition) is 7. The molecule has 1 aliphatic carbocycles. The maximum Gasteiger partial charge on any atom is 0.227 e. The quantitative estimate of drug-likeness (QED) is 0.841. The van der Waals surface area contributed by atoms with Gasteiger partial charge in [-0.05, 0) is 31.7 Å². The Bertz CT molecular complexity index is 815. The third kappa shape index (κ3) is 3.94. The smallest absolute Gasteiger partial charge is 0.227 e. The third-order valence-electron chi connectivity index (χ3n) is 5.88. The molecule has 0 atom stereocenters. The Labute approximate surface area is 166 Å². The molecule has 1 saturated carbocycles. The fourth-order valence-corrected chi connectivity index (χ4v) is 4.27. The molecule has 1 saturated heterocycles. The molecule has 2 heterocycles. The van der Waals surface area contributed by atoms with Crippen LogP contribution in [0.4, 0.5) is 11.8 Å². The largest absolute Gasteiger partial charge is 0.493 e. The second-order valence-electron chi connectivity index (χ2n) is 7.72. The van der Waals surface area contributed by atoms with Crippen molar-refractivity contribution in [3.05, 3.63) is 12.1 Å². The molecule has 2 aromatic rings. The predicted octanol–water partition coefficient (Wildman–Crippen LogP) is 3.55. The van der Waals surface area contributed by atoms with Gasteiger partial charge >= 0.3 is 0 Å². The average molecular weight is 386 g/mol. The van der Waals surface area contributed by atoms with E-state index < -0.39 is 0 Å². The van der Waals surface area contributed by atoms with Gasteiger partial charge in [-0.1, -0.05) is 19.3 Å². The second kappa shape index (κ2) is 8.39. The van der Waals surface area contributed by atoms with Crippen molar-refractivity contribution in [3.63, 3.8) is 0 Å². The molecular weight excluding hydrogens is 356 g/mol. The summed E-state index contributed by atoms with van der Waals surface area (Å²) in [5.41, 5.74) is 7.00. The van der Waals surface area contributed by atoms with Crippen LogP contribution < -0.4 is 20.1 Å². The van der Waals surface area contributed by atoms with E-state index in [4.69, 9.17) is 24.9 Å². The summed E-state index contributed by atoms with van der Waals surface area (Å²) in [6.45, 7) is 1.77. The van der Waals surface area contributed by atoms with Crippen molar-refractivity contribution in [3.8, 4) is 11.5 Å². The summed E-state index contributed by atoms with van der Waals surface area (Å²) in [6.07, 6.45) is 9.22. The summed E-state index contributed by atoms with van der Waals surface area (Å²) in [4.78, 5) is 11.5. The van der Waals surface area contributed by atoms with Gasteiger partial charge in [-0.3, -0.25) is 0 Å². The van der Waals surface area contributed by atoms with Gasteiger partial charge < -0.3 is 24.8 Å². The van der Waals surface area contributed by atoms with Crippen molar-refractivity contribution in [2.75, 3.05) is 37.9 Å². The predicted molar refractivity (Wildman–Crippen MR) is 110 cm³/mol. The van der Waals surface area contributed by atoms with E-state index in [-0.39, 0.29) is 0 Å². The highest BCUT2D eigenvalue weighted by atomic mass is 16.5. The molecule has 0 amide bonds. The average Bonchev–Trinajstić information content (AvgIpc) is 2.74. The molecule has 0 radical (unpaired) electrons. The molecule has 28 heavy (non-hydrogen) atoms. The number of anilines is 2. The molecule has 0 unspecified atom stereocenters. The molecular formula is C21H30N4O3. The molecule has 1 aromatic carbocycles. The van der Waals surface area contributed by atoms with Crippen molar-refractivity contribution in [1.82, 2.24) is 9.97 Å². The number of rotatable bonds is 5. The van der Waals surface area contributed by atoms with E-state index in [1.165, 1.54) is 32.1 Å². The van der Waals surface area contributed by atoms with Crippen LogP contribution in [0.5, 0.6) is 11.5 Å². The molecule has 2 aliphatic rings. The number of ether oxygens (including phenoxy) is 3. The number of nitrogens with two attached hydrogens (primary N) is 1. The number of methoxy groups -OCH3 is 2. The highest BCUT2D eigenvalue weighted by molar-refractivity contribution is 5.91. The summed E-state index contributed by atoms with van der Waals surface area (Å²) in [5.74, 6) is 2.40. The van der Waals surface area contributed by atoms with Crippen LogP contribution in [0.15, 0.2) is 12.1 Å². The molecule has 1 aromatic heterocycles. The topological polar surface area (TPSA) is 82.7 Å². The summed E-state index contributed by atoms with van der Waals surface area (Å²) >= 11 is 0. The van der Waals surface area contributed by atoms with E-state index in [0.29, 0.717) is 35.5 Å². The van der Waals surface area contributed by atoms with Gasteiger partial charge in [-0.15, -0.1) is 0 Å². The number of piperidine rings is 1. The first-order valence-electron chi connectivity index (χ1n) is 10.3. The van der Waals surface area contributed by atoms with Gasteiger partial charge in [0.15, 0.2) is 11.5 Å². The van der Waals surface area contributed by atoms with Gasteiger partial charge in [0, 0.05) is 24.5 Å². The van der Waals surface area contributed by atoms with Crippen LogP contribution in [0, 0.1) is 0 Å². The van der Waals surface area contributed by atoms with Crippen LogP contribution in [0.1, 0.15) is 44.9 Å². The van der Waals surface area contributed by atoms with Gasteiger partial charge in [-0.25, -0.2) is 4.98 Å². The van der Waals surface area contributed by atoms with E-state index >= 15 is 0 Å². The molecule has 2 N–H and O–H groups in total. The Balaban J connectivity index is 1.47. The Morgan fingerprint density at radius 3 is 2.21 bits per heavy atom. The molecule has 7 nitrogen and oxygen atoms in total. The Morgan fingerprint density at radius 2 is 1.54 bits per heavy atom. The highest BCUT2D eigenvalue weighted by Gasteiger charge is 2.25. The summed E-state index contributed by atoms with van der Waals surface area (Å²) < 4.78 is 17.1. The number of aromatic nitrogens is 2. The molecule has 0 spiro atoms. The van der Waals surface area contributed by atoms with Crippen molar-refractivity contribution in [2.24, 2.45) is 0 Å². The first-order valence-corrected chi connectivity index (χ1v) is 10.3. The van der Waals surface area contributed by atoms with Crippen molar-refractivity contribution in [1.29, 1.82) is 0 Å². The lowest BCUT2D eigenvalue weighted by molar-refractivity contribution is -0.0396. The van der Waals surface area contributed by atoms with Crippen molar-refractivity contribution >= 4 is 22.7 Å². The minimum Gasteiger partial charge on any atom is -0.493 e. The molecule has 7 heteroatoms. The van der Waals surface area contributed by atoms with Crippen molar-refractivity contribution < 1.29 is 14.2 Å². The molecule has 152 valence electrons. The number of nitrogen functional groups attached to an aromatic ring is 1. The van der Waals surface area contributed by atoms with Crippen LogP contribution in [-0.2, 0) is 4.74 Å². The number of hydrogen-bond donors (Lipinski definition) is 1. The lowest BCUT2D eigenvalue weighted by Gasteiger charge is -2.35. The summed E-state index contributed by atoms with van der Waals surface area (Å²) in [7, 11) is 3.22. The maximum absolute atomic E-state index is 6.34. The van der Waals surface area contributed by atoms with Crippen LogP contribution in [0.25, 0.3) is 10.9 Å². The maximum atomic E-state index is 6.34. The van der Waals surface area contributed by atoms with Crippen LogP contribution in [0.3, 0.4) is 0 Å². The SMILES string of the molecule is COc1cc2nc(N3CCC(OC4CCCCC4)CC3)nc(N)c2cc1OC. The van der Waals surface area contributed by atoms with Gasteiger partial charge in [-0.2, -0.15) is 4.98 Å². The molecule has 2 fully saturated rings. The van der Waals surface area contributed by atoms with Gasteiger partial charge in [0.25, 0.3) is 0 Å². The van der Waals surface area contributed by atoms with Crippen LogP contribution in [0.2, 0.25) is 0 Å².